The zero-order chi connectivity index (χ0) is 21.5. The van der Waals surface area contributed by atoms with Gasteiger partial charge in [-0.2, -0.15) is 5.10 Å². The average Bonchev–Trinajstić information content (AvgIpc) is 2.59. The second kappa shape index (κ2) is 9.72. The zero-order valence-corrected chi connectivity index (χ0v) is 17.4. The van der Waals surface area contributed by atoms with Gasteiger partial charge in [-0.15, -0.1) is 0 Å². The first-order chi connectivity index (χ1) is 13.0. The molecule has 0 atom stereocenters. The first kappa shape index (κ1) is 23.7. The SMILES string of the molecule is CCOP(=O)(OCC)C(C)(C)C/C(C)=N\Nc1ccc([N+](=O)[O-])cc1[N+](=O)[O-]. The summed E-state index contributed by atoms with van der Waals surface area (Å²) in [6.07, 6.45) is 0.234. The van der Waals surface area contributed by atoms with E-state index in [1.54, 1.807) is 34.6 Å². The van der Waals surface area contributed by atoms with Gasteiger partial charge in [0.05, 0.1) is 34.3 Å². The van der Waals surface area contributed by atoms with Crippen LogP contribution < -0.4 is 5.43 Å². The largest absolute Gasteiger partial charge is 0.336 e. The molecule has 156 valence electrons. The number of benzene rings is 1. The third kappa shape index (κ3) is 5.82. The predicted octanol–water partition coefficient (Wildman–Crippen LogP) is 4.73. The Labute approximate surface area is 162 Å². The molecule has 0 unspecified atom stereocenters. The van der Waals surface area contributed by atoms with Crippen molar-refractivity contribution in [3.63, 3.8) is 0 Å². The molecule has 0 aliphatic heterocycles. The first-order valence-corrected chi connectivity index (χ1v) is 10.1. The van der Waals surface area contributed by atoms with Crippen LogP contribution in [0.25, 0.3) is 0 Å². The standard InChI is InChI=1S/C16H25N4O7P/c1-6-26-28(25,27-7-2)16(4,5)11-12(3)17-18-14-9-8-13(19(21)22)10-15(14)20(23)24/h8-10,18H,6-7,11H2,1-5H3/b17-12-. The molecule has 28 heavy (non-hydrogen) atoms. The zero-order valence-electron chi connectivity index (χ0n) is 16.5. The topological polar surface area (TPSA) is 146 Å². The van der Waals surface area contributed by atoms with Crippen molar-refractivity contribution in [1.82, 2.24) is 0 Å². The molecule has 12 heteroatoms. The third-order valence-electron chi connectivity index (χ3n) is 3.78. The van der Waals surface area contributed by atoms with Gasteiger partial charge in [-0.05, 0) is 40.7 Å². The Bertz CT molecular complexity index is 800. The highest BCUT2D eigenvalue weighted by molar-refractivity contribution is 7.55. The van der Waals surface area contributed by atoms with Crippen molar-refractivity contribution >= 4 is 30.4 Å². The number of rotatable bonds is 11. The molecule has 0 heterocycles. The number of nitro benzene ring substituents is 2. The van der Waals surface area contributed by atoms with Crippen LogP contribution in [0.4, 0.5) is 17.1 Å². The van der Waals surface area contributed by atoms with Crippen molar-refractivity contribution < 1.29 is 23.5 Å². The molecule has 1 aromatic carbocycles. The van der Waals surface area contributed by atoms with E-state index in [-0.39, 0.29) is 25.3 Å². The highest BCUT2D eigenvalue weighted by Gasteiger charge is 2.43. The second-order valence-corrected chi connectivity index (χ2v) is 9.22. The molecule has 1 rings (SSSR count). The number of nitrogens with zero attached hydrogens (tertiary/aromatic N) is 3. The molecule has 0 radical (unpaired) electrons. The molecule has 0 aliphatic carbocycles. The van der Waals surface area contributed by atoms with Gasteiger partial charge in [-0.25, -0.2) is 0 Å². The van der Waals surface area contributed by atoms with Crippen LogP contribution in [0.15, 0.2) is 23.3 Å². The number of anilines is 1. The fourth-order valence-corrected chi connectivity index (χ4v) is 4.40. The lowest BCUT2D eigenvalue weighted by Gasteiger charge is -2.32. The quantitative estimate of drug-likeness (QED) is 0.236. The van der Waals surface area contributed by atoms with Crippen molar-refractivity contribution in [2.45, 2.75) is 46.2 Å². The van der Waals surface area contributed by atoms with Crippen LogP contribution in [0.2, 0.25) is 0 Å². The maximum absolute atomic E-state index is 13.0. The van der Waals surface area contributed by atoms with E-state index in [1.807, 2.05) is 0 Å². The Hall–Kier alpha value is -2.36. The van der Waals surface area contributed by atoms with E-state index in [4.69, 9.17) is 9.05 Å². The Morgan fingerprint density at radius 3 is 2.21 bits per heavy atom. The second-order valence-electron chi connectivity index (χ2n) is 6.50. The van der Waals surface area contributed by atoms with Crippen LogP contribution >= 0.6 is 7.60 Å². The van der Waals surface area contributed by atoms with Crippen molar-refractivity contribution in [3.8, 4) is 0 Å². The van der Waals surface area contributed by atoms with E-state index < -0.39 is 34.0 Å². The Kier molecular flexibility index (Phi) is 8.22. The predicted molar refractivity (Wildman–Crippen MR) is 106 cm³/mol. The normalized spacial score (nSPS) is 12.7. The maximum Gasteiger partial charge on any atom is 0.336 e. The van der Waals surface area contributed by atoms with E-state index in [9.17, 15) is 24.8 Å². The molecule has 0 amide bonds. The molecular weight excluding hydrogens is 391 g/mol. The Morgan fingerprint density at radius 2 is 1.75 bits per heavy atom. The van der Waals surface area contributed by atoms with Crippen LogP contribution in [0.1, 0.15) is 41.0 Å². The highest BCUT2D eigenvalue weighted by Crippen LogP contribution is 2.61. The molecule has 0 saturated heterocycles. The minimum absolute atomic E-state index is 0.00514. The fraction of sp³-hybridized carbons (Fsp3) is 0.562. The van der Waals surface area contributed by atoms with Gasteiger partial charge in [0.15, 0.2) is 0 Å². The Morgan fingerprint density at radius 1 is 1.18 bits per heavy atom. The maximum atomic E-state index is 13.0. The lowest BCUT2D eigenvalue weighted by molar-refractivity contribution is -0.393. The summed E-state index contributed by atoms with van der Waals surface area (Å²) in [5.74, 6) is 0. The molecular formula is C16H25N4O7P. The van der Waals surface area contributed by atoms with E-state index in [0.717, 1.165) is 12.1 Å². The van der Waals surface area contributed by atoms with Crippen LogP contribution in [-0.2, 0) is 13.6 Å². The number of hydrazone groups is 1. The van der Waals surface area contributed by atoms with E-state index in [2.05, 4.69) is 10.5 Å². The number of non-ortho nitro benzene ring substituents is 1. The summed E-state index contributed by atoms with van der Waals surface area (Å²) in [6.45, 7) is 9.01. The number of nitrogens with one attached hydrogen (secondary N) is 1. The molecule has 0 fully saturated rings. The van der Waals surface area contributed by atoms with E-state index >= 15 is 0 Å². The van der Waals surface area contributed by atoms with Crippen molar-refractivity contribution in [1.29, 1.82) is 0 Å². The molecule has 0 saturated carbocycles. The molecule has 1 N–H and O–H groups in total. The average molecular weight is 416 g/mol. The van der Waals surface area contributed by atoms with Crippen LogP contribution in [0.3, 0.4) is 0 Å². The monoisotopic (exact) mass is 416 g/mol. The third-order valence-corrected chi connectivity index (χ3v) is 6.62. The lowest BCUT2D eigenvalue weighted by Crippen LogP contribution is -2.26. The van der Waals surface area contributed by atoms with Gasteiger partial charge in [0.25, 0.3) is 5.69 Å². The fourth-order valence-electron chi connectivity index (χ4n) is 2.52. The minimum atomic E-state index is -3.41. The van der Waals surface area contributed by atoms with Crippen molar-refractivity contribution in [2.24, 2.45) is 5.10 Å². The summed E-state index contributed by atoms with van der Waals surface area (Å²) in [5.41, 5.74) is 2.19. The molecule has 0 aliphatic rings. The number of nitro groups is 2. The molecule has 11 nitrogen and oxygen atoms in total. The minimum Gasteiger partial charge on any atom is -0.308 e. The summed E-state index contributed by atoms with van der Waals surface area (Å²) < 4.78 is 23.8. The summed E-state index contributed by atoms with van der Waals surface area (Å²) in [4.78, 5) is 20.5. The van der Waals surface area contributed by atoms with Crippen LogP contribution in [-0.4, -0.2) is 33.9 Å². The summed E-state index contributed by atoms with van der Waals surface area (Å²) in [7, 11) is -3.41. The van der Waals surface area contributed by atoms with Gasteiger partial charge < -0.3 is 9.05 Å². The van der Waals surface area contributed by atoms with Gasteiger partial charge in [-0.3, -0.25) is 30.2 Å². The molecule has 1 aromatic rings. The molecule has 0 bridgehead atoms. The van der Waals surface area contributed by atoms with Gasteiger partial charge in [-0.1, -0.05) is 0 Å². The van der Waals surface area contributed by atoms with E-state index in [0.29, 0.717) is 5.71 Å². The molecule has 0 aromatic heterocycles. The van der Waals surface area contributed by atoms with Gasteiger partial charge >= 0.3 is 13.3 Å². The summed E-state index contributed by atoms with van der Waals surface area (Å²) in [6, 6.07) is 3.21. The van der Waals surface area contributed by atoms with Crippen molar-refractivity contribution in [2.75, 3.05) is 18.6 Å². The van der Waals surface area contributed by atoms with Gasteiger partial charge in [0, 0.05) is 18.2 Å². The summed E-state index contributed by atoms with van der Waals surface area (Å²) in [5, 5.41) is 25.2. The smallest absolute Gasteiger partial charge is 0.308 e. The van der Waals surface area contributed by atoms with E-state index in [1.165, 1.54) is 6.07 Å². The lowest BCUT2D eigenvalue weighted by atomic mass is 10.1. The first-order valence-electron chi connectivity index (χ1n) is 8.58. The molecule has 0 spiro atoms. The Balaban J connectivity index is 3.05. The van der Waals surface area contributed by atoms with Gasteiger partial charge in [0.2, 0.25) is 0 Å². The summed E-state index contributed by atoms with van der Waals surface area (Å²) >= 11 is 0. The number of hydrogen-bond acceptors (Lipinski definition) is 9. The van der Waals surface area contributed by atoms with Crippen LogP contribution in [0, 0.1) is 20.2 Å². The highest BCUT2D eigenvalue weighted by atomic mass is 31.2. The number of hydrogen-bond donors (Lipinski definition) is 1. The van der Waals surface area contributed by atoms with Gasteiger partial charge in [0.1, 0.15) is 5.69 Å². The van der Waals surface area contributed by atoms with Crippen molar-refractivity contribution in [3.05, 3.63) is 38.4 Å². The van der Waals surface area contributed by atoms with Crippen LogP contribution in [0.5, 0.6) is 0 Å².